The summed E-state index contributed by atoms with van der Waals surface area (Å²) in [6, 6.07) is 18.1. The number of oxazole rings is 1. The molecule has 0 atom stereocenters. The van der Waals surface area contributed by atoms with Crippen molar-refractivity contribution in [1.29, 1.82) is 0 Å². The molecule has 0 amide bonds. The van der Waals surface area contributed by atoms with Gasteiger partial charge in [0.05, 0.1) is 5.56 Å². The van der Waals surface area contributed by atoms with Gasteiger partial charge in [0.25, 0.3) is 5.69 Å². The van der Waals surface area contributed by atoms with Gasteiger partial charge in [-0.05, 0) is 19.1 Å². The van der Waals surface area contributed by atoms with E-state index < -0.39 is 0 Å². The third kappa shape index (κ3) is 2.43. The molecule has 1 heterocycles. The maximum atomic E-state index is 9.94. The molecule has 0 saturated carbocycles. The van der Waals surface area contributed by atoms with E-state index in [9.17, 15) is 5.11 Å². The lowest BCUT2D eigenvalue weighted by Crippen LogP contribution is -2.33. The normalized spacial score (nSPS) is 10.7. The first kappa shape index (κ1) is 12.5. The molecule has 0 spiro atoms. The molecule has 3 heteroatoms. The zero-order valence-corrected chi connectivity index (χ0v) is 11.3. The molecular formula is C17H16NO2+. The van der Waals surface area contributed by atoms with E-state index in [1.807, 2.05) is 54.0 Å². The largest absolute Gasteiger partial charge is 0.476 e. The Morgan fingerprint density at radius 2 is 1.70 bits per heavy atom. The molecule has 0 radical (unpaired) electrons. The van der Waals surface area contributed by atoms with Gasteiger partial charge in [-0.2, -0.15) is 4.57 Å². The van der Waals surface area contributed by atoms with Crippen molar-refractivity contribution in [3.8, 4) is 17.2 Å². The number of rotatable bonds is 3. The number of aryl methyl sites for hydroxylation is 1. The minimum Gasteiger partial charge on any atom is -0.476 e. The molecule has 100 valence electrons. The molecule has 1 N–H and O–H groups in total. The highest BCUT2D eigenvalue weighted by Crippen LogP contribution is 2.26. The summed E-state index contributed by atoms with van der Waals surface area (Å²) in [5.41, 5.74) is 3.99. The van der Waals surface area contributed by atoms with Crippen LogP contribution in [0.25, 0.3) is 11.3 Å². The van der Waals surface area contributed by atoms with Crippen LogP contribution in [-0.4, -0.2) is 5.11 Å². The highest BCUT2D eigenvalue weighted by Gasteiger charge is 2.23. The summed E-state index contributed by atoms with van der Waals surface area (Å²) in [5, 5.41) is 9.94. The number of aromatic nitrogens is 1. The van der Waals surface area contributed by atoms with Crippen molar-refractivity contribution in [3.63, 3.8) is 0 Å². The monoisotopic (exact) mass is 266 g/mol. The number of nitrogens with zero attached hydrogens (tertiary/aromatic N) is 1. The van der Waals surface area contributed by atoms with Gasteiger partial charge in [-0.3, -0.25) is 0 Å². The molecule has 0 aliphatic heterocycles. The fourth-order valence-electron chi connectivity index (χ4n) is 2.24. The van der Waals surface area contributed by atoms with E-state index in [4.69, 9.17) is 4.42 Å². The number of hydrogen-bond donors (Lipinski definition) is 1. The Morgan fingerprint density at radius 3 is 2.40 bits per heavy atom. The quantitative estimate of drug-likeness (QED) is 0.738. The van der Waals surface area contributed by atoms with Crippen molar-refractivity contribution < 1.29 is 14.1 Å². The fraction of sp³-hybridized carbons (Fsp3) is 0.118. The van der Waals surface area contributed by atoms with Crippen LogP contribution in [0.2, 0.25) is 0 Å². The van der Waals surface area contributed by atoms with Crippen LogP contribution >= 0.6 is 0 Å². The van der Waals surface area contributed by atoms with Crippen molar-refractivity contribution >= 4 is 0 Å². The third-order valence-electron chi connectivity index (χ3n) is 3.30. The molecule has 0 aliphatic carbocycles. The van der Waals surface area contributed by atoms with Crippen LogP contribution in [0.3, 0.4) is 0 Å². The molecule has 0 bridgehead atoms. The Balaban J connectivity index is 1.99. The summed E-state index contributed by atoms with van der Waals surface area (Å²) in [6.07, 6.45) is 1.55. The summed E-state index contributed by atoms with van der Waals surface area (Å²) < 4.78 is 7.08. The number of benzene rings is 2. The molecule has 20 heavy (non-hydrogen) atoms. The minimum absolute atomic E-state index is 0.0511. The molecule has 1 aromatic heterocycles. The molecule has 3 nitrogen and oxygen atoms in total. The lowest BCUT2D eigenvalue weighted by atomic mass is 10.1. The molecule has 0 fully saturated rings. The molecule has 0 aliphatic rings. The predicted molar refractivity (Wildman–Crippen MR) is 76.3 cm³/mol. The van der Waals surface area contributed by atoms with Crippen molar-refractivity contribution in [2.24, 2.45) is 0 Å². The zero-order chi connectivity index (χ0) is 13.9. The van der Waals surface area contributed by atoms with Gasteiger partial charge in [0.1, 0.15) is 0 Å². The smallest absolute Gasteiger partial charge is 0.362 e. The number of hydrogen-bond acceptors (Lipinski definition) is 2. The van der Waals surface area contributed by atoms with Crippen LogP contribution in [0, 0.1) is 6.92 Å². The second kappa shape index (κ2) is 5.21. The molecular weight excluding hydrogens is 250 g/mol. The van der Waals surface area contributed by atoms with Crippen molar-refractivity contribution in [1.82, 2.24) is 0 Å². The van der Waals surface area contributed by atoms with Gasteiger partial charge in [0.15, 0.2) is 6.54 Å². The second-order valence-corrected chi connectivity index (χ2v) is 4.86. The van der Waals surface area contributed by atoms with E-state index in [2.05, 4.69) is 12.1 Å². The molecule has 3 rings (SSSR count). The van der Waals surface area contributed by atoms with Crippen LogP contribution in [0.4, 0.5) is 0 Å². The Kier molecular flexibility index (Phi) is 3.25. The average molecular weight is 266 g/mol. The summed E-state index contributed by atoms with van der Waals surface area (Å²) in [7, 11) is 0. The van der Waals surface area contributed by atoms with Crippen molar-refractivity contribution in [2.75, 3.05) is 0 Å². The van der Waals surface area contributed by atoms with E-state index in [1.165, 1.54) is 5.56 Å². The van der Waals surface area contributed by atoms with Gasteiger partial charge in [0.2, 0.25) is 0 Å². The molecule has 0 saturated heterocycles. The molecule has 2 aromatic carbocycles. The van der Waals surface area contributed by atoms with E-state index in [0.29, 0.717) is 12.2 Å². The Labute approximate surface area is 117 Å². The summed E-state index contributed by atoms with van der Waals surface area (Å²) in [4.78, 5) is 0. The van der Waals surface area contributed by atoms with Crippen molar-refractivity contribution in [3.05, 3.63) is 72.1 Å². The van der Waals surface area contributed by atoms with Gasteiger partial charge in [0, 0.05) is 5.56 Å². The van der Waals surface area contributed by atoms with Gasteiger partial charge < -0.3 is 9.52 Å². The first-order chi connectivity index (χ1) is 9.74. The Morgan fingerprint density at radius 1 is 1.00 bits per heavy atom. The summed E-state index contributed by atoms with van der Waals surface area (Å²) >= 11 is 0. The minimum atomic E-state index is -0.0511. The van der Waals surface area contributed by atoms with Crippen LogP contribution in [-0.2, 0) is 6.54 Å². The van der Waals surface area contributed by atoms with E-state index >= 15 is 0 Å². The highest BCUT2D eigenvalue weighted by atomic mass is 16.5. The van der Waals surface area contributed by atoms with Crippen LogP contribution in [0.5, 0.6) is 5.95 Å². The second-order valence-electron chi connectivity index (χ2n) is 4.86. The van der Waals surface area contributed by atoms with E-state index in [-0.39, 0.29) is 5.95 Å². The lowest BCUT2D eigenvalue weighted by Gasteiger charge is -1.99. The third-order valence-corrected chi connectivity index (χ3v) is 3.30. The van der Waals surface area contributed by atoms with Gasteiger partial charge in [-0.15, -0.1) is 0 Å². The fourth-order valence-corrected chi connectivity index (χ4v) is 2.24. The first-order valence-electron chi connectivity index (χ1n) is 6.55. The van der Waals surface area contributed by atoms with Gasteiger partial charge >= 0.3 is 12.3 Å². The predicted octanol–water partition coefficient (Wildman–Crippen LogP) is 3.30. The van der Waals surface area contributed by atoms with E-state index in [1.54, 1.807) is 6.39 Å². The SMILES string of the molecule is Cc1ccc(-c2c(O)oc[n+]2Cc2ccccc2)cc1. The van der Waals surface area contributed by atoms with E-state index in [0.717, 1.165) is 11.1 Å². The topological polar surface area (TPSA) is 37.3 Å². The maximum Gasteiger partial charge on any atom is 0.362 e. The summed E-state index contributed by atoms with van der Waals surface area (Å²) in [5.74, 6) is -0.0511. The first-order valence-corrected chi connectivity index (χ1v) is 6.55. The zero-order valence-electron chi connectivity index (χ0n) is 11.3. The van der Waals surface area contributed by atoms with Crippen LogP contribution < -0.4 is 4.57 Å². The maximum absolute atomic E-state index is 9.94. The van der Waals surface area contributed by atoms with Crippen LogP contribution in [0.1, 0.15) is 11.1 Å². The van der Waals surface area contributed by atoms with Gasteiger partial charge in [-0.1, -0.05) is 48.0 Å². The lowest BCUT2D eigenvalue weighted by molar-refractivity contribution is -0.681. The number of aromatic hydroxyl groups is 1. The standard InChI is InChI=1S/C17H15NO2/c1-13-7-9-15(10-8-13)16-17(19)20-12-18(16)11-14-5-3-2-4-6-14/h2-10,12H,11H2,1H3/p+1. The highest BCUT2D eigenvalue weighted by molar-refractivity contribution is 5.60. The summed E-state index contributed by atoms with van der Waals surface area (Å²) in [6.45, 7) is 2.70. The average Bonchev–Trinajstić information content (AvgIpc) is 2.82. The van der Waals surface area contributed by atoms with Crippen LogP contribution in [0.15, 0.2) is 65.4 Å². The molecule has 3 aromatic rings. The molecule has 0 unspecified atom stereocenters. The van der Waals surface area contributed by atoms with Gasteiger partial charge in [-0.25, -0.2) is 0 Å². The van der Waals surface area contributed by atoms with Crippen molar-refractivity contribution in [2.45, 2.75) is 13.5 Å². The Hall–Kier alpha value is -2.55. The Bertz CT molecular complexity index is 700.